The Kier molecular flexibility index (Phi) is 9.25. The van der Waals surface area contributed by atoms with E-state index < -0.39 is 41.7 Å². The van der Waals surface area contributed by atoms with Crippen LogP contribution in [0.3, 0.4) is 0 Å². The summed E-state index contributed by atoms with van der Waals surface area (Å²) in [6.07, 6.45) is -1.22. The van der Waals surface area contributed by atoms with Crippen molar-refractivity contribution in [3.8, 4) is 6.07 Å². The van der Waals surface area contributed by atoms with Gasteiger partial charge in [0.15, 0.2) is 0 Å². The van der Waals surface area contributed by atoms with E-state index in [0.29, 0.717) is 11.1 Å². The lowest BCUT2D eigenvalue weighted by Crippen LogP contribution is -2.48. The first-order chi connectivity index (χ1) is 15.2. The molecule has 0 radical (unpaired) electrons. The average molecular weight is 445 g/mol. The molecule has 3 N–H and O–H groups in total. The normalized spacial score (nSPS) is 13.5. The molecule has 170 valence electrons. The second kappa shape index (κ2) is 11.9. The standard InChI is InChI=1S/C23H25F2N3O4/c1-14(29)28-21(9-16-7-18(24)10-19(25)8-16)22(30)13-27-20(11-23(31)32-2)17-5-3-4-15(6-17)12-26/h3-8,10,20-22,27,30H,9,11,13H2,1-2H3,(H,28,29)/t20?,21-,22+/m0/s1. The van der Waals surface area contributed by atoms with Crippen LogP contribution in [0.4, 0.5) is 8.78 Å². The molecule has 0 saturated carbocycles. The van der Waals surface area contributed by atoms with Crippen LogP contribution in [0, 0.1) is 23.0 Å². The fraction of sp³-hybridized carbons (Fsp3) is 0.348. The van der Waals surface area contributed by atoms with Gasteiger partial charge in [0.1, 0.15) is 11.6 Å². The van der Waals surface area contributed by atoms with Crippen LogP contribution in [-0.2, 0) is 20.7 Å². The molecule has 0 aliphatic heterocycles. The Morgan fingerprint density at radius 2 is 1.88 bits per heavy atom. The number of carbonyl (C=O) groups is 2. The first-order valence-corrected chi connectivity index (χ1v) is 9.92. The summed E-state index contributed by atoms with van der Waals surface area (Å²) in [5, 5.41) is 25.5. The van der Waals surface area contributed by atoms with E-state index in [4.69, 9.17) is 10.00 Å². The summed E-state index contributed by atoms with van der Waals surface area (Å²) >= 11 is 0. The molecule has 2 rings (SSSR count). The van der Waals surface area contributed by atoms with Crippen LogP contribution < -0.4 is 10.6 Å². The van der Waals surface area contributed by atoms with Gasteiger partial charge in [0.05, 0.1) is 37.3 Å². The predicted octanol–water partition coefficient (Wildman–Crippen LogP) is 2.14. The first-order valence-electron chi connectivity index (χ1n) is 9.92. The highest BCUT2D eigenvalue weighted by Gasteiger charge is 2.24. The van der Waals surface area contributed by atoms with Gasteiger partial charge in [0, 0.05) is 25.6 Å². The number of hydrogen-bond acceptors (Lipinski definition) is 6. The zero-order valence-electron chi connectivity index (χ0n) is 17.8. The number of aliphatic hydroxyl groups excluding tert-OH is 1. The van der Waals surface area contributed by atoms with E-state index in [9.17, 15) is 23.5 Å². The zero-order chi connectivity index (χ0) is 23.7. The fourth-order valence-electron chi connectivity index (χ4n) is 3.32. The summed E-state index contributed by atoms with van der Waals surface area (Å²) in [4.78, 5) is 23.5. The number of hydrogen-bond donors (Lipinski definition) is 3. The van der Waals surface area contributed by atoms with Gasteiger partial charge in [-0.25, -0.2) is 8.78 Å². The molecule has 1 amide bonds. The summed E-state index contributed by atoms with van der Waals surface area (Å²) in [5.74, 6) is -2.43. The molecule has 1 unspecified atom stereocenters. The highest BCUT2D eigenvalue weighted by Crippen LogP contribution is 2.19. The van der Waals surface area contributed by atoms with Gasteiger partial charge >= 0.3 is 5.97 Å². The molecule has 0 aliphatic carbocycles. The van der Waals surface area contributed by atoms with Crippen molar-refractivity contribution in [3.05, 3.63) is 70.8 Å². The van der Waals surface area contributed by atoms with Crippen LogP contribution in [0.15, 0.2) is 42.5 Å². The Hall–Kier alpha value is -3.35. The van der Waals surface area contributed by atoms with Crippen LogP contribution in [0.25, 0.3) is 0 Å². The number of carbonyl (C=O) groups excluding carboxylic acids is 2. The number of aliphatic hydroxyl groups is 1. The van der Waals surface area contributed by atoms with E-state index in [1.165, 1.54) is 14.0 Å². The van der Waals surface area contributed by atoms with E-state index in [2.05, 4.69) is 10.6 Å². The summed E-state index contributed by atoms with van der Waals surface area (Å²) in [6.45, 7) is 1.22. The predicted molar refractivity (Wildman–Crippen MR) is 112 cm³/mol. The molecule has 0 bridgehead atoms. The van der Waals surface area contributed by atoms with Gasteiger partial charge in [0.25, 0.3) is 0 Å². The van der Waals surface area contributed by atoms with Crippen molar-refractivity contribution < 1.29 is 28.2 Å². The van der Waals surface area contributed by atoms with Gasteiger partial charge < -0.3 is 20.5 Å². The molecule has 7 nitrogen and oxygen atoms in total. The van der Waals surface area contributed by atoms with Crippen LogP contribution in [0.5, 0.6) is 0 Å². The molecular formula is C23H25F2N3O4. The second-order valence-corrected chi connectivity index (χ2v) is 7.33. The Labute approximate surface area is 185 Å². The molecule has 3 atom stereocenters. The number of ether oxygens (including phenoxy) is 1. The number of amides is 1. The van der Waals surface area contributed by atoms with Crippen molar-refractivity contribution in [2.45, 2.75) is 38.0 Å². The lowest BCUT2D eigenvalue weighted by molar-refractivity contribution is -0.141. The van der Waals surface area contributed by atoms with Crippen molar-refractivity contribution in [2.24, 2.45) is 0 Å². The Morgan fingerprint density at radius 1 is 1.19 bits per heavy atom. The number of esters is 1. The van der Waals surface area contributed by atoms with Crippen LogP contribution in [-0.4, -0.2) is 42.8 Å². The highest BCUT2D eigenvalue weighted by molar-refractivity contribution is 5.73. The minimum Gasteiger partial charge on any atom is -0.469 e. The van der Waals surface area contributed by atoms with Crippen LogP contribution >= 0.6 is 0 Å². The van der Waals surface area contributed by atoms with Gasteiger partial charge in [-0.2, -0.15) is 5.26 Å². The second-order valence-electron chi connectivity index (χ2n) is 7.33. The third kappa shape index (κ3) is 7.72. The number of halogens is 2. The molecule has 0 fully saturated rings. The third-order valence-electron chi connectivity index (χ3n) is 4.82. The quantitative estimate of drug-likeness (QED) is 0.483. The first kappa shape index (κ1) is 24.9. The van der Waals surface area contributed by atoms with Crippen molar-refractivity contribution in [1.82, 2.24) is 10.6 Å². The molecule has 9 heteroatoms. The minimum atomic E-state index is -1.15. The molecule has 0 heterocycles. The van der Waals surface area contributed by atoms with E-state index in [1.54, 1.807) is 24.3 Å². The summed E-state index contributed by atoms with van der Waals surface area (Å²) < 4.78 is 31.8. The number of nitrogens with one attached hydrogen (secondary N) is 2. The van der Waals surface area contributed by atoms with Crippen molar-refractivity contribution in [3.63, 3.8) is 0 Å². The lowest BCUT2D eigenvalue weighted by Gasteiger charge is -2.27. The smallest absolute Gasteiger partial charge is 0.307 e. The summed E-state index contributed by atoms with van der Waals surface area (Å²) in [5.41, 5.74) is 1.32. The van der Waals surface area contributed by atoms with Gasteiger partial charge in [-0.1, -0.05) is 12.1 Å². The maximum absolute atomic E-state index is 13.5. The topological polar surface area (TPSA) is 111 Å². The van der Waals surface area contributed by atoms with E-state index >= 15 is 0 Å². The summed E-state index contributed by atoms with van der Waals surface area (Å²) in [6, 6.07) is 10.3. The van der Waals surface area contributed by atoms with Crippen molar-refractivity contribution in [1.29, 1.82) is 5.26 Å². The lowest BCUT2D eigenvalue weighted by atomic mass is 9.98. The van der Waals surface area contributed by atoms with E-state index in [-0.39, 0.29) is 24.9 Å². The van der Waals surface area contributed by atoms with E-state index in [0.717, 1.165) is 18.2 Å². The number of nitrogens with zero attached hydrogens (tertiary/aromatic N) is 1. The van der Waals surface area contributed by atoms with E-state index in [1.807, 2.05) is 6.07 Å². The highest BCUT2D eigenvalue weighted by atomic mass is 19.1. The van der Waals surface area contributed by atoms with Crippen molar-refractivity contribution >= 4 is 11.9 Å². The van der Waals surface area contributed by atoms with Gasteiger partial charge in [-0.3, -0.25) is 9.59 Å². The molecule has 0 aliphatic rings. The van der Waals surface area contributed by atoms with Crippen molar-refractivity contribution in [2.75, 3.05) is 13.7 Å². The number of nitriles is 1. The minimum absolute atomic E-state index is 0.0112. The number of benzene rings is 2. The molecule has 0 aromatic heterocycles. The van der Waals surface area contributed by atoms with Crippen LogP contribution in [0.2, 0.25) is 0 Å². The Bertz CT molecular complexity index is 973. The molecule has 0 spiro atoms. The molecular weight excluding hydrogens is 420 g/mol. The monoisotopic (exact) mass is 445 g/mol. The number of methoxy groups -OCH3 is 1. The molecule has 0 saturated heterocycles. The Balaban J connectivity index is 2.17. The van der Waals surface area contributed by atoms with Gasteiger partial charge in [-0.15, -0.1) is 0 Å². The molecule has 2 aromatic rings. The Morgan fingerprint density at radius 3 is 2.47 bits per heavy atom. The fourth-order valence-corrected chi connectivity index (χ4v) is 3.32. The maximum atomic E-state index is 13.5. The average Bonchev–Trinajstić information content (AvgIpc) is 2.74. The van der Waals surface area contributed by atoms with Crippen LogP contribution in [0.1, 0.15) is 36.1 Å². The molecule has 2 aromatic carbocycles. The zero-order valence-corrected chi connectivity index (χ0v) is 17.8. The van der Waals surface area contributed by atoms with Gasteiger partial charge in [-0.05, 0) is 41.8 Å². The SMILES string of the molecule is COC(=O)CC(NC[C@@H](O)[C@H](Cc1cc(F)cc(F)c1)NC(C)=O)c1cccc(C#N)c1. The largest absolute Gasteiger partial charge is 0.469 e. The third-order valence-corrected chi connectivity index (χ3v) is 4.82. The summed E-state index contributed by atoms with van der Waals surface area (Å²) in [7, 11) is 1.25. The maximum Gasteiger partial charge on any atom is 0.307 e. The van der Waals surface area contributed by atoms with Gasteiger partial charge in [0.2, 0.25) is 5.91 Å². The molecule has 32 heavy (non-hydrogen) atoms. The number of rotatable bonds is 10.